The highest BCUT2D eigenvalue weighted by Crippen LogP contribution is 2.19. The summed E-state index contributed by atoms with van der Waals surface area (Å²) in [7, 11) is 1.87. The molecule has 0 saturated heterocycles. The maximum atomic E-state index is 13.1. The second kappa shape index (κ2) is 6.29. The number of aryl methyl sites for hydroxylation is 1. The minimum absolute atomic E-state index is 0.0967. The Labute approximate surface area is 133 Å². The summed E-state index contributed by atoms with van der Waals surface area (Å²) in [6.45, 7) is 2.16. The van der Waals surface area contributed by atoms with Gasteiger partial charge < -0.3 is 19.0 Å². The van der Waals surface area contributed by atoms with E-state index in [1.807, 2.05) is 30.8 Å². The molecule has 0 saturated carbocycles. The molecule has 0 radical (unpaired) electrons. The standard InChI is InChI=1S/C16H20N4O3/c1-3-12(11-21)19(10-13-5-4-8-23-13)16(22)14-9-17-20-7-6-18(2)15(14)20/h4-9,12,21H,3,10-11H2,1-2H3/t12-/m0/s1. The van der Waals surface area contributed by atoms with E-state index in [0.717, 1.165) is 5.65 Å². The predicted octanol–water partition coefficient (Wildman–Crippen LogP) is 1.68. The van der Waals surface area contributed by atoms with Gasteiger partial charge in [0.05, 0.1) is 31.7 Å². The third-order valence-corrected chi connectivity index (χ3v) is 4.06. The quantitative estimate of drug-likeness (QED) is 0.751. The fourth-order valence-corrected chi connectivity index (χ4v) is 2.74. The molecule has 3 aromatic heterocycles. The van der Waals surface area contributed by atoms with Crippen LogP contribution in [0.25, 0.3) is 5.65 Å². The Balaban J connectivity index is 1.97. The zero-order valence-electron chi connectivity index (χ0n) is 13.2. The molecule has 0 aliphatic carbocycles. The molecule has 3 rings (SSSR count). The average Bonchev–Trinajstić information content (AvgIpc) is 3.26. The van der Waals surface area contributed by atoms with E-state index in [4.69, 9.17) is 4.42 Å². The van der Waals surface area contributed by atoms with Crippen LogP contribution in [0, 0.1) is 0 Å². The van der Waals surface area contributed by atoms with Crippen molar-refractivity contribution in [3.05, 3.63) is 48.3 Å². The first-order valence-electron chi connectivity index (χ1n) is 7.58. The number of carbonyl (C=O) groups excluding carboxylic acids is 1. The second-order valence-electron chi connectivity index (χ2n) is 5.49. The Morgan fingerprint density at radius 3 is 2.96 bits per heavy atom. The number of aliphatic hydroxyl groups excluding tert-OH is 1. The smallest absolute Gasteiger partial charge is 0.260 e. The number of fused-ring (bicyclic) bond motifs is 1. The monoisotopic (exact) mass is 316 g/mol. The normalized spacial score (nSPS) is 12.7. The van der Waals surface area contributed by atoms with Gasteiger partial charge in [0.2, 0.25) is 0 Å². The Bertz CT molecular complexity index is 784. The van der Waals surface area contributed by atoms with Crippen LogP contribution in [0.5, 0.6) is 0 Å². The van der Waals surface area contributed by atoms with Gasteiger partial charge in [0.25, 0.3) is 5.91 Å². The molecular weight excluding hydrogens is 296 g/mol. The highest BCUT2D eigenvalue weighted by molar-refractivity contribution is 6.00. The predicted molar refractivity (Wildman–Crippen MR) is 83.9 cm³/mol. The van der Waals surface area contributed by atoms with Crippen LogP contribution in [-0.4, -0.2) is 42.7 Å². The zero-order valence-corrected chi connectivity index (χ0v) is 13.2. The molecular formula is C16H20N4O3. The molecule has 0 aromatic carbocycles. The number of furan rings is 1. The Morgan fingerprint density at radius 2 is 2.30 bits per heavy atom. The van der Waals surface area contributed by atoms with Crippen molar-refractivity contribution in [2.75, 3.05) is 6.61 Å². The Hall–Kier alpha value is -2.54. The number of rotatable bonds is 6. The molecule has 7 heteroatoms. The fraction of sp³-hybridized carbons (Fsp3) is 0.375. The molecule has 3 aromatic rings. The lowest BCUT2D eigenvalue weighted by molar-refractivity contribution is 0.0546. The summed E-state index contributed by atoms with van der Waals surface area (Å²) in [5.74, 6) is 0.514. The van der Waals surface area contributed by atoms with Crippen molar-refractivity contribution >= 4 is 11.6 Å². The van der Waals surface area contributed by atoms with Gasteiger partial charge in [-0.1, -0.05) is 6.92 Å². The number of amides is 1. The van der Waals surface area contributed by atoms with Gasteiger partial charge in [-0.25, -0.2) is 4.52 Å². The van der Waals surface area contributed by atoms with Crippen LogP contribution in [0.3, 0.4) is 0 Å². The number of imidazole rings is 1. The van der Waals surface area contributed by atoms with E-state index < -0.39 is 0 Å². The number of aromatic nitrogens is 3. The van der Waals surface area contributed by atoms with E-state index >= 15 is 0 Å². The minimum atomic E-state index is -0.275. The summed E-state index contributed by atoms with van der Waals surface area (Å²) >= 11 is 0. The molecule has 1 amide bonds. The first-order valence-corrected chi connectivity index (χ1v) is 7.58. The lowest BCUT2D eigenvalue weighted by Crippen LogP contribution is -2.41. The van der Waals surface area contributed by atoms with Crippen molar-refractivity contribution in [2.45, 2.75) is 25.9 Å². The number of hydrogen-bond donors (Lipinski definition) is 1. The van der Waals surface area contributed by atoms with Crippen LogP contribution in [0.15, 0.2) is 41.4 Å². The maximum absolute atomic E-state index is 13.1. The van der Waals surface area contributed by atoms with E-state index in [1.165, 1.54) is 0 Å². The Kier molecular flexibility index (Phi) is 4.20. The van der Waals surface area contributed by atoms with Crippen LogP contribution in [-0.2, 0) is 13.6 Å². The third kappa shape index (κ3) is 2.75. The first-order chi connectivity index (χ1) is 11.2. The molecule has 0 unspecified atom stereocenters. The van der Waals surface area contributed by atoms with Crippen LogP contribution in [0.4, 0.5) is 0 Å². The molecule has 23 heavy (non-hydrogen) atoms. The fourth-order valence-electron chi connectivity index (χ4n) is 2.74. The summed E-state index contributed by atoms with van der Waals surface area (Å²) in [6, 6.07) is 3.33. The van der Waals surface area contributed by atoms with Gasteiger partial charge in [0.15, 0.2) is 0 Å². The largest absolute Gasteiger partial charge is 0.467 e. The summed E-state index contributed by atoms with van der Waals surface area (Å²) in [6.07, 6.45) is 7.44. The minimum Gasteiger partial charge on any atom is -0.467 e. The van der Waals surface area contributed by atoms with Crippen LogP contribution >= 0.6 is 0 Å². The second-order valence-corrected chi connectivity index (χ2v) is 5.49. The summed E-state index contributed by atoms with van der Waals surface area (Å²) < 4.78 is 8.88. The molecule has 3 heterocycles. The first kappa shape index (κ1) is 15.4. The highest BCUT2D eigenvalue weighted by Gasteiger charge is 2.27. The van der Waals surface area contributed by atoms with Gasteiger partial charge in [-0.05, 0) is 18.6 Å². The van der Waals surface area contributed by atoms with E-state index in [-0.39, 0.29) is 18.6 Å². The summed E-state index contributed by atoms with van der Waals surface area (Å²) in [4.78, 5) is 14.7. The van der Waals surface area contributed by atoms with Gasteiger partial charge in [-0.2, -0.15) is 5.10 Å². The molecule has 122 valence electrons. The number of nitrogens with zero attached hydrogens (tertiary/aromatic N) is 4. The number of hydrogen-bond acceptors (Lipinski definition) is 4. The topological polar surface area (TPSA) is 75.9 Å². The number of aliphatic hydroxyl groups is 1. The van der Waals surface area contributed by atoms with Crippen molar-refractivity contribution < 1.29 is 14.3 Å². The third-order valence-electron chi connectivity index (χ3n) is 4.06. The maximum Gasteiger partial charge on any atom is 0.260 e. The van der Waals surface area contributed by atoms with Crippen LogP contribution in [0.2, 0.25) is 0 Å². The van der Waals surface area contributed by atoms with E-state index in [1.54, 1.807) is 34.1 Å². The van der Waals surface area contributed by atoms with E-state index in [9.17, 15) is 9.90 Å². The van der Waals surface area contributed by atoms with Crippen molar-refractivity contribution in [1.29, 1.82) is 0 Å². The number of carbonyl (C=O) groups is 1. The van der Waals surface area contributed by atoms with Crippen LogP contribution < -0.4 is 0 Å². The van der Waals surface area contributed by atoms with Gasteiger partial charge in [0.1, 0.15) is 17.0 Å². The van der Waals surface area contributed by atoms with Crippen molar-refractivity contribution in [3.63, 3.8) is 0 Å². The lowest BCUT2D eigenvalue weighted by atomic mass is 10.1. The molecule has 0 bridgehead atoms. The molecule has 0 fully saturated rings. The lowest BCUT2D eigenvalue weighted by Gasteiger charge is -2.29. The van der Waals surface area contributed by atoms with Gasteiger partial charge in [-0.15, -0.1) is 0 Å². The highest BCUT2D eigenvalue weighted by atomic mass is 16.3. The van der Waals surface area contributed by atoms with Crippen molar-refractivity contribution in [2.24, 2.45) is 7.05 Å². The summed E-state index contributed by atoms with van der Waals surface area (Å²) in [5.41, 5.74) is 1.24. The van der Waals surface area contributed by atoms with Crippen LogP contribution in [0.1, 0.15) is 29.5 Å². The van der Waals surface area contributed by atoms with E-state index in [0.29, 0.717) is 24.3 Å². The van der Waals surface area contributed by atoms with Gasteiger partial charge in [-0.3, -0.25) is 4.79 Å². The average molecular weight is 316 g/mol. The molecule has 0 aliphatic rings. The molecule has 1 N–H and O–H groups in total. The van der Waals surface area contributed by atoms with Crippen molar-refractivity contribution in [1.82, 2.24) is 19.1 Å². The van der Waals surface area contributed by atoms with Crippen molar-refractivity contribution in [3.8, 4) is 0 Å². The zero-order chi connectivity index (χ0) is 16.4. The van der Waals surface area contributed by atoms with Gasteiger partial charge in [0, 0.05) is 19.4 Å². The molecule has 1 atom stereocenters. The SMILES string of the molecule is CC[C@@H](CO)N(Cc1ccco1)C(=O)c1cnn2ccn(C)c12. The van der Waals surface area contributed by atoms with E-state index in [2.05, 4.69) is 5.10 Å². The Morgan fingerprint density at radius 1 is 1.48 bits per heavy atom. The van der Waals surface area contributed by atoms with Gasteiger partial charge >= 0.3 is 0 Å². The molecule has 0 spiro atoms. The summed E-state index contributed by atoms with van der Waals surface area (Å²) in [5, 5.41) is 13.9. The molecule has 7 nitrogen and oxygen atoms in total. The molecule has 0 aliphatic heterocycles.